The van der Waals surface area contributed by atoms with E-state index in [1.165, 1.54) is 7.11 Å². The molecule has 0 saturated carbocycles. The van der Waals surface area contributed by atoms with Gasteiger partial charge in [0.15, 0.2) is 5.78 Å². The van der Waals surface area contributed by atoms with E-state index in [1.54, 1.807) is 18.2 Å². The molecular weight excluding hydrogens is 307 g/mol. The molecule has 1 rings (SSSR count). The first-order valence-corrected chi connectivity index (χ1v) is 6.35. The van der Waals surface area contributed by atoms with Gasteiger partial charge in [0.05, 0.1) is 13.5 Å². The van der Waals surface area contributed by atoms with Gasteiger partial charge in [0, 0.05) is 22.3 Å². The molecule has 1 aromatic rings. The molecule has 0 bridgehead atoms. The topological polar surface area (TPSA) is 43.4 Å². The minimum atomic E-state index is -0.340. The van der Waals surface area contributed by atoms with Crippen LogP contribution in [-0.4, -0.2) is 24.7 Å². The maximum Gasteiger partial charge on any atom is 0.310 e. The van der Waals surface area contributed by atoms with Crippen LogP contribution in [-0.2, 0) is 16.0 Å². The molecule has 0 aromatic heterocycles. The van der Waals surface area contributed by atoms with Gasteiger partial charge in [-0.15, -0.1) is 11.6 Å². The van der Waals surface area contributed by atoms with Gasteiger partial charge in [0.25, 0.3) is 0 Å². The van der Waals surface area contributed by atoms with Crippen molar-refractivity contribution >= 4 is 39.3 Å². The van der Waals surface area contributed by atoms with E-state index in [9.17, 15) is 9.59 Å². The van der Waals surface area contributed by atoms with E-state index in [2.05, 4.69) is 20.7 Å². The molecule has 5 heteroatoms. The molecule has 0 fully saturated rings. The maximum atomic E-state index is 11.6. The van der Waals surface area contributed by atoms with Gasteiger partial charge in [0.1, 0.15) is 0 Å². The third-order valence-electron chi connectivity index (χ3n) is 2.25. The predicted molar refractivity (Wildman–Crippen MR) is 69.5 cm³/mol. The molecule has 0 aliphatic rings. The van der Waals surface area contributed by atoms with Gasteiger partial charge in [-0.2, -0.15) is 0 Å². The molecule has 0 atom stereocenters. The normalized spacial score (nSPS) is 10.1. The number of hydrogen-bond donors (Lipinski definition) is 0. The quantitative estimate of drug-likeness (QED) is 0.476. The minimum absolute atomic E-state index is 0.0291. The van der Waals surface area contributed by atoms with E-state index in [-0.39, 0.29) is 18.2 Å². The fourth-order valence-electron chi connectivity index (χ4n) is 1.34. The molecule has 0 N–H and O–H groups in total. The molecule has 17 heavy (non-hydrogen) atoms. The summed E-state index contributed by atoms with van der Waals surface area (Å²) >= 11 is 8.85. The van der Waals surface area contributed by atoms with Gasteiger partial charge in [-0.25, -0.2) is 0 Å². The summed E-state index contributed by atoms with van der Waals surface area (Å²) in [6.07, 6.45) is 0.430. The molecule has 1 aromatic carbocycles. The Labute approximate surface area is 113 Å². The van der Waals surface area contributed by atoms with Gasteiger partial charge in [-0.3, -0.25) is 9.59 Å². The predicted octanol–water partition coefficient (Wildman–Crippen LogP) is 2.98. The molecule has 92 valence electrons. The molecule has 0 saturated heterocycles. The van der Waals surface area contributed by atoms with E-state index in [0.717, 1.165) is 10.0 Å². The smallest absolute Gasteiger partial charge is 0.310 e. The lowest BCUT2D eigenvalue weighted by Gasteiger charge is -2.06. The number of carbonyl (C=O) groups is 2. The Balaban J connectivity index is 2.93. The number of benzene rings is 1. The SMILES string of the molecule is COC(=O)Cc1cc(C(=O)CCCl)ccc1Br. The minimum Gasteiger partial charge on any atom is -0.469 e. The van der Waals surface area contributed by atoms with Crippen LogP contribution >= 0.6 is 27.5 Å². The van der Waals surface area contributed by atoms with Crippen LogP contribution in [0.15, 0.2) is 22.7 Å². The second kappa shape index (κ2) is 6.77. The Kier molecular flexibility index (Phi) is 5.65. The van der Waals surface area contributed by atoms with Crippen LogP contribution in [0.2, 0.25) is 0 Å². The maximum absolute atomic E-state index is 11.6. The third kappa shape index (κ3) is 4.13. The Morgan fingerprint density at radius 1 is 1.41 bits per heavy atom. The number of halogens is 2. The molecule has 0 heterocycles. The van der Waals surface area contributed by atoms with E-state index in [1.807, 2.05) is 0 Å². The van der Waals surface area contributed by atoms with Crippen molar-refractivity contribution in [3.05, 3.63) is 33.8 Å². The van der Waals surface area contributed by atoms with Crippen LogP contribution in [0, 0.1) is 0 Å². The summed E-state index contributed by atoms with van der Waals surface area (Å²) < 4.78 is 5.37. The van der Waals surface area contributed by atoms with Crippen LogP contribution < -0.4 is 0 Å². The van der Waals surface area contributed by atoms with Gasteiger partial charge >= 0.3 is 5.97 Å². The zero-order valence-corrected chi connectivity index (χ0v) is 11.7. The first kappa shape index (κ1) is 14.2. The summed E-state index contributed by atoms with van der Waals surface area (Å²) in [5.41, 5.74) is 1.30. The lowest BCUT2D eigenvalue weighted by Crippen LogP contribution is -2.07. The highest BCUT2D eigenvalue weighted by Crippen LogP contribution is 2.20. The number of hydrogen-bond acceptors (Lipinski definition) is 3. The van der Waals surface area contributed by atoms with Gasteiger partial charge in [0.2, 0.25) is 0 Å². The first-order valence-electron chi connectivity index (χ1n) is 5.03. The summed E-state index contributed by atoms with van der Waals surface area (Å²) in [5.74, 6) is -0.0763. The fourth-order valence-corrected chi connectivity index (χ4v) is 1.90. The molecule has 3 nitrogen and oxygen atoms in total. The second-order valence-electron chi connectivity index (χ2n) is 3.42. The largest absolute Gasteiger partial charge is 0.469 e. The number of alkyl halides is 1. The standard InChI is InChI=1S/C12H12BrClO3/c1-17-12(16)7-9-6-8(2-3-10(9)13)11(15)4-5-14/h2-3,6H,4-5,7H2,1H3. The number of ether oxygens (including phenoxy) is 1. The molecule has 0 amide bonds. The van der Waals surface area contributed by atoms with Crippen molar-refractivity contribution in [2.75, 3.05) is 13.0 Å². The summed E-state index contributed by atoms with van der Waals surface area (Å²) in [4.78, 5) is 22.8. The van der Waals surface area contributed by atoms with Crippen LogP contribution in [0.5, 0.6) is 0 Å². The van der Waals surface area contributed by atoms with Crippen molar-refractivity contribution in [3.8, 4) is 0 Å². The van der Waals surface area contributed by atoms with Crippen molar-refractivity contribution in [1.82, 2.24) is 0 Å². The number of esters is 1. The fraction of sp³-hybridized carbons (Fsp3) is 0.333. The van der Waals surface area contributed by atoms with Crippen molar-refractivity contribution < 1.29 is 14.3 Å². The van der Waals surface area contributed by atoms with Gasteiger partial charge < -0.3 is 4.74 Å². The molecule has 0 radical (unpaired) electrons. The highest BCUT2D eigenvalue weighted by molar-refractivity contribution is 9.10. The first-order chi connectivity index (χ1) is 8.08. The van der Waals surface area contributed by atoms with Gasteiger partial charge in [-0.05, 0) is 17.7 Å². The van der Waals surface area contributed by atoms with E-state index in [0.29, 0.717) is 17.9 Å². The summed E-state index contributed by atoms with van der Waals surface area (Å²) in [6.45, 7) is 0. The molecule has 0 aliphatic heterocycles. The van der Waals surface area contributed by atoms with Gasteiger partial charge in [-0.1, -0.05) is 22.0 Å². The number of ketones is 1. The molecule has 0 aliphatic carbocycles. The van der Waals surface area contributed by atoms with Crippen LogP contribution in [0.25, 0.3) is 0 Å². The average Bonchev–Trinajstić information content (AvgIpc) is 2.32. The monoisotopic (exact) mass is 318 g/mol. The lowest BCUT2D eigenvalue weighted by atomic mass is 10.0. The number of methoxy groups -OCH3 is 1. The summed E-state index contributed by atoms with van der Waals surface area (Å²) in [7, 11) is 1.33. The van der Waals surface area contributed by atoms with Crippen molar-refractivity contribution in [3.63, 3.8) is 0 Å². The number of carbonyl (C=O) groups excluding carboxylic acids is 2. The highest BCUT2D eigenvalue weighted by Gasteiger charge is 2.11. The van der Waals surface area contributed by atoms with E-state index < -0.39 is 0 Å². The van der Waals surface area contributed by atoms with Crippen molar-refractivity contribution in [2.45, 2.75) is 12.8 Å². The van der Waals surface area contributed by atoms with Crippen LogP contribution in [0.3, 0.4) is 0 Å². The lowest BCUT2D eigenvalue weighted by molar-refractivity contribution is -0.139. The summed E-state index contributed by atoms with van der Waals surface area (Å²) in [5, 5.41) is 0. The Morgan fingerprint density at radius 2 is 2.12 bits per heavy atom. The van der Waals surface area contributed by atoms with Crippen LogP contribution in [0.4, 0.5) is 0 Å². The van der Waals surface area contributed by atoms with Crippen molar-refractivity contribution in [2.24, 2.45) is 0 Å². The zero-order chi connectivity index (χ0) is 12.8. The Bertz CT molecular complexity index is 432. The second-order valence-corrected chi connectivity index (χ2v) is 4.65. The number of Topliss-reactive ketones (excluding diaryl/α,β-unsaturated/α-hetero) is 1. The van der Waals surface area contributed by atoms with E-state index >= 15 is 0 Å². The van der Waals surface area contributed by atoms with Crippen molar-refractivity contribution in [1.29, 1.82) is 0 Å². The highest BCUT2D eigenvalue weighted by atomic mass is 79.9. The van der Waals surface area contributed by atoms with Crippen LogP contribution in [0.1, 0.15) is 22.3 Å². The van der Waals surface area contributed by atoms with E-state index in [4.69, 9.17) is 11.6 Å². The Hall–Kier alpha value is -0.870. The molecular formula is C12H12BrClO3. The summed E-state index contributed by atoms with van der Waals surface area (Å²) in [6, 6.07) is 5.15. The Morgan fingerprint density at radius 3 is 2.71 bits per heavy atom. The molecule has 0 unspecified atom stereocenters. The third-order valence-corrected chi connectivity index (χ3v) is 3.21. The average molecular weight is 320 g/mol. The molecule has 0 spiro atoms. The zero-order valence-electron chi connectivity index (χ0n) is 9.33. The number of rotatable bonds is 5.